The van der Waals surface area contributed by atoms with Crippen molar-refractivity contribution >= 4 is 11.7 Å². The van der Waals surface area contributed by atoms with Crippen LogP contribution in [0.3, 0.4) is 0 Å². The molecule has 1 fully saturated rings. The van der Waals surface area contributed by atoms with Crippen molar-refractivity contribution in [2.75, 3.05) is 5.73 Å². The second-order valence-electron chi connectivity index (χ2n) is 7.92. The second-order valence-corrected chi connectivity index (χ2v) is 7.92. The summed E-state index contributed by atoms with van der Waals surface area (Å²) in [7, 11) is 1.80. The third-order valence-corrected chi connectivity index (χ3v) is 5.62. The van der Waals surface area contributed by atoms with Crippen molar-refractivity contribution in [3.8, 4) is 22.5 Å². The number of amides is 1. The first-order valence-corrected chi connectivity index (χ1v) is 10.3. The highest BCUT2D eigenvalue weighted by Crippen LogP contribution is 2.40. The summed E-state index contributed by atoms with van der Waals surface area (Å²) in [6, 6.07) is 14.4. The number of carbonyl (C=O) groups excluding carboxylic acids is 1. The number of nitrogens with zero attached hydrogens (tertiary/aromatic N) is 4. The van der Waals surface area contributed by atoms with Crippen LogP contribution in [0.1, 0.15) is 28.3 Å². The maximum absolute atomic E-state index is 14.9. The van der Waals surface area contributed by atoms with Crippen LogP contribution in [0.5, 0.6) is 0 Å². The first kappa shape index (κ1) is 19.9. The summed E-state index contributed by atoms with van der Waals surface area (Å²) in [6.07, 6.45) is 5.87. The zero-order chi connectivity index (χ0) is 22.2. The summed E-state index contributed by atoms with van der Waals surface area (Å²) in [5.74, 6) is -0.615. The molecule has 4 aromatic rings. The summed E-state index contributed by atoms with van der Waals surface area (Å²) in [5, 5.41) is 7.05. The van der Waals surface area contributed by atoms with E-state index in [1.54, 1.807) is 36.4 Å². The maximum atomic E-state index is 14.9. The van der Waals surface area contributed by atoms with Crippen molar-refractivity contribution in [1.82, 2.24) is 25.1 Å². The standard InChI is InChI=1S/C24H21FN6O/c1-31-13-16(11-28-31)21-12-27-23(26)22(29-21)15-7-8-17(19(25)9-15)24(32)30-20-10-18(20)14-5-3-2-4-6-14/h2-9,11-13,18,20H,10H2,1H3,(H2,26,27)(H,30,32). The average Bonchev–Trinajstić information content (AvgIpc) is 3.43. The Labute approximate surface area is 184 Å². The topological polar surface area (TPSA) is 98.7 Å². The SMILES string of the molecule is Cn1cc(-c2cnc(N)c(-c3ccc(C(=O)NC4CC4c4ccccc4)c(F)c3)n2)cn1. The molecular weight excluding hydrogens is 407 g/mol. The van der Waals surface area contributed by atoms with Gasteiger partial charge in [0, 0.05) is 36.3 Å². The summed E-state index contributed by atoms with van der Waals surface area (Å²) in [6.45, 7) is 0. The molecule has 0 bridgehead atoms. The number of rotatable bonds is 5. The highest BCUT2D eigenvalue weighted by atomic mass is 19.1. The first-order valence-electron chi connectivity index (χ1n) is 10.3. The van der Waals surface area contributed by atoms with Gasteiger partial charge in [-0.2, -0.15) is 5.10 Å². The van der Waals surface area contributed by atoms with Crippen LogP contribution >= 0.6 is 0 Å². The van der Waals surface area contributed by atoms with E-state index in [9.17, 15) is 9.18 Å². The van der Waals surface area contributed by atoms with Crippen molar-refractivity contribution in [3.05, 3.63) is 84.1 Å². The van der Waals surface area contributed by atoms with Crippen LogP contribution in [0.4, 0.5) is 10.2 Å². The smallest absolute Gasteiger partial charge is 0.254 e. The van der Waals surface area contributed by atoms with Crippen LogP contribution in [0.2, 0.25) is 0 Å². The highest BCUT2D eigenvalue weighted by Gasteiger charge is 2.39. The lowest BCUT2D eigenvalue weighted by Crippen LogP contribution is -2.27. The Morgan fingerprint density at radius 1 is 1.16 bits per heavy atom. The van der Waals surface area contributed by atoms with E-state index in [4.69, 9.17) is 5.73 Å². The molecule has 3 N–H and O–H groups in total. The number of halogens is 1. The Bertz CT molecular complexity index is 1300. The van der Waals surface area contributed by atoms with Gasteiger partial charge < -0.3 is 11.1 Å². The Morgan fingerprint density at radius 2 is 1.97 bits per heavy atom. The number of benzene rings is 2. The summed E-state index contributed by atoms with van der Waals surface area (Å²) in [5.41, 5.74) is 9.31. The lowest BCUT2D eigenvalue weighted by atomic mass is 10.1. The lowest BCUT2D eigenvalue weighted by molar-refractivity contribution is 0.0946. The van der Waals surface area contributed by atoms with E-state index in [0.29, 0.717) is 17.0 Å². The van der Waals surface area contributed by atoms with Gasteiger partial charge in [0.1, 0.15) is 17.3 Å². The number of nitrogen functional groups attached to an aromatic ring is 1. The van der Waals surface area contributed by atoms with Gasteiger partial charge in [0.05, 0.1) is 23.7 Å². The molecule has 1 aliphatic rings. The predicted octanol–water partition coefficient (Wildman–Crippen LogP) is 3.55. The fraction of sp³-hybridized carbons (Fsp3) is 0.167. The monoisotopic (exact) mass is 428 g/mol. The van der Waals surface area contributed by atoms with E-state index in [0.717, 1.165) is 12.0 Å². The van der Waals surface area contributed by atoms with Gasteiger partial charge in [0.15, 0.2) is 0 Å². The van der Waals surface area contributed by atoms with Gasteiger partial charge in [0.25, 0.3) is 5.91 Å². The van der Waals surface area contributed by atoms with Crippen molar-refractivity contribution in [2.24, 2.45) is 7.05 Å². The molecule has 160 valence electrons. The van der Waals surface area contributed by atoms with E-state index in [2.05, 4.69) is 20.4 Å². The van der Waals surface area contributed by atoms with Gasteiger partial charge >= 0.3 is 0 Å². The number of aryl methyl sites for hydroxylation is 1. The molecule has 2 atom stereocenters. The first-order chi connectivity index (χ1) is 15.5. The fourth-order valence-corrected chi connectivity index (χ4v) is 3.82. The van der Waals surface area contributed by atoms with Crippen molar-refractivity contribution < 1.29 is 9.18 Å². The Balaban J connectivity index is 1.35. The van der Waals surface area contributed by atoms with Gasteiger partial charge in [0.2, 0.25) is 0 Å². The third kappa shape index (κ3) is 3.82. The van der Waals surface area contributed by atoms with Gasteiger partial charge in [-0.1, -0.05) is 36.4 Å². The van der Waals surface area contributed by atoms with E-state index < -0.39 is 11.7 Å². The van der Waals surface area contributed by atoms with E-state index in [-0.39, 0.29) is 23.3 Å². The fourth-order valence-electron chi connectivity index (χ4n) is 3.82. The molecule has 5 rings (SSSR count). The molecule has 0 saturated heterocycles. The summed E-state index contributed by atoms with van der Waals surface area (Å²) < 4.78 is 16.5. The average molecular weight is 428 g/mol. The lowest BCUT2D eigenvalue weighted by Gasteiger charge is -2.09. The minimum atomic E-state index is -0.634. The van der Waals surface area contributed by atoms with Crippen LogP contribution in [-0.4, -0.2) is 31.7 Å². The van der Waals surface area contributed by atoms with Gasteiger partial charge in [-0.3, -0.25) is 9.48 Å². The number of nitrogens with two attached hydrogens (primary N) is 1. The molecule has 2 heterocycles. The number of hydrogen-bond acceptors (Lipinski definition) is 5. The molecule has 1 saturated carbocycles. The third-order valence-electron chi connectivity index (χ3n) is 5.62. The Morgan fingerprint density at radius 3 is 2.69 bits per heavy atom. The maximum Gasteiger partial charge on any atom is 0.254 e. The molecule has 0 spiro atoms. The normalized spacial score (nSPS) is 17.2. The molecule has 32 heavy (non-hydrogen) atoms. The molecule has 0 aliphatic heterocycles. The quantitative estimate of drug-likeness (QED) is 0.507. The van der Waals surface area contributed by atoms with Gasteiger partial charge in [-0.15, -0.1) is 0 Å². The molecule has 0 radical (unpaired) electrons. The number of carbonyl (C=O) groups is 1. The van der Waals surface area contributed by atoms with Crippen molar-refractivity contribution in [3.63, 3.8) is 0 Å². The number of aromatic nitrogens is 4. The molecular formula is C24H21FN6O. The minimum Gasteiger partial charge on any atom is -0.382 e. The molecule has 8 heteroatoms. The molecule has 7 nitrogen and oxygen atoms in total. The largest absolute Gasteiger partial charge is 0.382 e. The number of nitrogens with one attached hydrogen (secondary N) is 1. The zero-order valence-corrected chi connectivity index (χ0v) is 17.4. The molecule has 2 unspecified atom stereocenters. The second kappa shape index (κ2) is 7.88. The molecule has 2 aromatic carbocycles. The highest BCUT2D eigenvalue weighted by molar-refractivity contribution is 5.95. The van der Waals surface area contributed by atoms with Crippen LogP contribution in [0, 0.1) is 5.82 Å². The Hall–Kier alpha value is -4.07. The predicted molar refractivity (Wildman–Crippen MR) is 119 cm³/mol. The van der Waals surface area contributed by atoms with Crippen LogP contribution in [0.15, 0.2) is 67.1 Å². The molecule has 1 aliphatic carbocycles. The van der Waals surface area contributed by atoms with E-state index in [1.165, 1.54) is 17.7 Å². The van der Waals surface area contributed by atoms with Crippen molar-refractivity contribution in [2.45, 2.75) is 18.4 Å². The number of hydrogen-bond donors (Lipinski definition) is 2. The molecule has 2 aromatic heterocycles. The van der Waals surface area contributed by atoms with Gasteiger partial charge in [-0.25, -0.2) is 14.4 Å². The zero-order valence-electron chi connectivity index (χ0n) is 17.4. The van der Waals surface area contributed by atoms with E-state index in [1.807, 2.05) is 30.3 Å². The number of anilines is 1. The van der Waals surface area contributed by atoms with Crippen LogP contribution in [0.25, 0.3) is 22.5 Å². The van der Waals surface area contributed by atoms with Gasteiger partial charge in [-0.05, 0) is 24.1 Å². The summed E-state index contributed by atoms with van der Waals surface area (Å²) >= 11 is 0. The van der Waals surface area contributed by atoms with E-state index >= 15 is 0 Å². The van der Waals surface area contributed by atoms with Crippen molar-refractivity contribution in [1.29, 1.82) is 0 Å². The molecule has 1 amide bonds. The van der Waals surface area contributed by atoms with Crippen LogP contribution < -0.4 is 11.1 Å². The summed E-state index contributed by atoms with van der Waals surface area (Å²) in [4.78, 5) is 21.4. The Kier molecular flexibility index (Phi) is 4.89. The van der Waals surface area contributed by atoms with Crippen LogP contribution in [-0.2, 0) is 7.05 Å². The minimum absolute atomic E-state index is 0.0117.